The van der Waals surface area contributed by atoms with Gasteiger partial charge >= 0.3 is 0 Å². The summed E-state index contributed by atoms with van der Waals surface area (Å²) in [6.45, 7) is 4.52. The highest BCUT2D eigenvalue weighted by Crippen LogP contribution is 2.30. The number of hydrogen-bond donors (Lipinski definition) is 2. The van der Waals surface area contributed by atoms with E-state index in [0.717, 1.165) is 6.07 Å². The smallest absolute Gasteiger partial charge is 0.266 e. The van der Waals surface area contributed by atoms with E-state index in [0.29, 0.717) is 41.5 Å². The maximum absolute atomic E-state index is 14.5. The lowest BCUT2D eigenvalue weighted by atomic mass is 10.0. The Balaban J connectivity index is 1.94. The van der Waals surface area contributed by atoms with E-state index in [1.807, 2.05) is 0 Å². The maximum Gasteiger partial charge on any atom is 0.266 e. The number of nitrogens with zero attached hydrogens (tertiary/aromatic N) is 3. The molecule has 0 spiro atoms. The van der Waals surface area contributed by atoms with Gasteiger partial charge < -0.3 is 15.4 Å². The van der Waals surface area contributed by atoms with Gasteiger partial charge in [-0.25, -0.2) is 28.1 Å². The lowest BCUT2D eigenvalue weighted by Crippen LogP contribution is -2.13. The molecule has 0 fully saturated rings. The highest BCUT2D eigenvalue weighted by atomic mass is 19.3. The summed E-state index contributed by atoms with van der Waals surface area (Å²) < 4.78 is 45.6. The van der Waals surface area contributed by atoms with Gasteiger partial charge in [-0.2, -0.15) is 0 Å². The third-order valence-corrected chi connectivity index (χ3v) is 4.42. The van der Waals surface area contributed by atoms with Crippen molar-refractivity contribution in [3.05, 3.63) is 53.2 Å². The summed E-state index contributed by atoms with van der Waals surface area (Å²) in [6.07, 6.45) is -1.26. The average Bonchev–Trinajstić information content (AvgIpc) is 2.68. The Morgan fingerprint density at radius 2 is 1.93 bits per heavy atom. The second kappa shape index (κ2) is 9.04. The Hall–Kier alpha value is -2.94. The van der Waals surface area contributed by atoms with Gasteiger partial charge in [0.15, 0.2) is 0 Å². The fraction of sp³-hybridized carbons (Fsp3) is 0.350. The van der Waals surface area contributed by atoms with Crippen molar-refractivity contribution >= 4 is 22.5 Å². The molecule has 29 heavy (non-hydrogen) atoms. The minimum absolute atomic E-state index is 0.139. The van der Waals surface area contributed by atoms with Gasteiger partial charge in [0.2, 0.25) is 0 Å². The number of rotatable bonds is 8. The van der Waals surface area contributed by atoms with E-state index in [-0.39, 0.29) is 5.56 Å². The number of aryl methyl sites for hydroxylation is 1. The lowest BCUT2D eigenvalue weighted by molar-refractivity contribution is 0.146. The molecule has 154 valence electrons. The van der Waals surface area contributed by atoms with Crippen molar-refractivity contribution in [3.8, 4) is 0 Å². The molecule has 0 radical (unpaired) electrons. The molecule has 0 bridgehead atoms. The number of methoxy groups -OCH3 is 1. The van der Waals surface area contributed by atoms with Gasteiger partial charge in [0.1, 0.15) is 23.3 Å². The maximum atomic E-state index is 14.5. The third kappa shape index (κ3) is 4.73. The molecule has 3 aromatic rings. The molecular formula is C20H22F3N5O. The van der Waals surface area contributed by atoms with Gasteiger partial charge in [0.05, 0.1) is 29.9 Å². The molecule has 6 nitrogen and oxygen atoms in total. The first-order valence-corrected chi connectivity index (χ1v) is 9.11. The number of ether oxygens (including phenoxy) is 1. The number of anilines is 2. The third-order valence-electron chi connectivity index (χ3n) is 4.42. The molecule has 0 unspecified atom stereocenters. The summed E-state index contributed by atoms with van der Waals surface area (Å²) in [5.74, 6) is 0.680. The van der Waals surface area contributed by atoms with Crippen LogP contribution in [-0.4, -0.2) is 35.2 Å². The van der Waals surface area contributed by atoms with Gasteiger partial charge in [-0.1, -0.05) is 18.2 Å². The largest absolute Gasteiger partial charge is 0.383 e. The number of aromatic nitrogens is 3. The van der Waals surface area contributed by atoms with Crippen molar-refractivity contribution in [2.45, 2.75) is 26.3 Å². The van der Waals surface area contributed by atoms with Crippen LogP contribution in [0.15, 0.2) is 30.5 Å². The minimum Gasteiger partial charge on any atom is -0.383 e. The van der Waals surface area contributed by atoms with E-state index in [1.54, 1.807) is 33.2 Å². The van der Waals surface area contributed by atoms with E-state index < -0.39 is 23.8 Å². The zero-order valence-corrected chi connectivity index (χ0v) is 16.3. The van der Waals surface area contributed by atoms with Crippen LogP contribution in [0.4, 0.5) is 24.8 Å². The zero-order valence-electron chi connectivity index (χ0n) is 16.3. The average molecular weight is 405 g/mol. The molecule has 0 saturated carbocycles. The Morgan fingerprint density at radius 3 is 2.66 bits per heavy atom. The van der Waals surface area contributed by atoms with Crippen LogP contribution in [0.1, 0.15) is 36.3 Å². The Bertz CT molecular complexity index is 999. The van der Waals surface area contributed by atoms with E-state index in [4.69, 9.17) is 4.74 Å². The van der Waals surface area contributed by atoms with Crippen molar-refractivity contribution in [1.82, 2.24) is 15.0 Å². The predicted octanol–water partition coefficient (Wildman–Crippen LogP) is 4.64. The fourth-order valence-corrected chi connectivity index (χ4v) is 2.99. The second-order valence-electron chi connectivity index (χ2n) is 6.54. The van der Waals surface area contributed by atoms with E-state index in [1.165, 1.54) is 12.1 Å². The molecule has 0 aliphatic carbocycles. The molecule has 2 N–H and O–H groups in total. The Kier molecular flexibility index (Phi) is 6.48. The SMILES string of the molecule is COCCNc1cc2c(N[C@H](C)c3cccc(C(F)F)c3F)nc(C)nc2cn1. The van der Waals surface area contributed by atoms with Crippen molar-refractivity contribution in [3.63, 3.8) is 0 Å². The van der Waals surface area contributed by atoms with Crippen LogP contribution in [0.2, 0.25) is 0 Å². The molecule has 0 aliphatic rings. The topological polar surface area (TPSA) is 72.0 Å². The molecular weight excluding hydrogens is 383 g/mol. The van der Waals surface area contributed by atoms with Gasteiger partial charge in [-0.15, -0.1) is 0 Å². The Labute approximate surface area is 166 Å². The molecule has 0 aliphatic heterocycles. The number of fused-ring (bicyclic) bond motifs is 1. The van der Waals surface area contributed by atoms with Crippen LogP contribution >= 0.6 is 0 Å². The van der Waals surface area contributed by atoms with Crippen LogP contribution in [0.25, 0.3) is 10.9 Å². The molecule has 1 aromatic carbocycles. The highest BCUT2D eigenvalue weighted by Gasteiger charge is 2.20. The number of halogens is 3. The summed E-state index contributed by atoms with van der Waals surface area (Å²) in [7, 11) is 1.61. The van der Waals surface area contributed by atoms with Crippen LogP contribution in [0.3, 0.4) is 0 Å². The zero-order chi connectivity index (χ0) is 21.0. The first-order chi connectivity index (χ1) is 13.9. The van der Waals surface area contributed by atoms with E-state index in [2.05, 4.69) is 25.6 Å². The highest BCUT2D eigenvalue weighted by molar-refractivity contribution is 5.90. The summed E-state index contributed by atoms with van der Waals surface area (Å²) in [6, 6.07) is 5.18. The lowest BCUT2D eigenvalue weighted by Gasteiger charge is -2.19. The van der Waals surface area contributed by atoms with E-state index >= 15 is 0 Å². The van der Waals surface area contributed by atoms with E-state index in [9.17, 15) is 13.2 Å². The standard InChI is InChI=1S/C20H22F3N5O/c1-11(13-5-4-6-14(18(13)21)19(22)23)26-20-15-9-17(24-7-8-29-3)25-10-16(15)27-12(2)28-20/h4-6,9-11,19H,7-8H2,1-3H3,(H,24,25)(H,26,27,28)/t11-/m1/s1. The molecule has 2 aromatic heterocycles. The summed E-state index contributed by atoms with van der Waals surface area (Å²) in [5, 5.41) is 6.94. The number of alkyl halides is 2. The normalized spacial score (nSPS) is 12.4. The van der Waals surface area contributed by atoms with Gasteiger partial charge in [0, 0.05) is 24.6 Å². The molecule has 2 heterocycles. The molecule has 3 rings (SSSR count). The number of hydrogen-bond acceptors (Lipinski definition) is 6. The van der Waals surface area contributed by atoms with Crippen molar-refractivity contribution < 1.29 is 17.9 Å². The van der Waals surface area contributed by atoms with Gasteiger partial charge in [-0.3, -0.25) is 0 Å². The van der Waals surface area contributed by atoms with Crippen LogP contribution in [0, 0.1) is 12.7 Å². The minimum atomic E-state index is -2.88. The number of benzene rings is 1. The summed E-state index contributed by atoms with van der Waals surface area (Å²) in [5.41, 5.74) is 0.139. The fourth-order valence-electron chi connectivity index (χ4n) is 2.99. The molecule has 1 atom stereocenters. The van der Waals surface area contributed by atoms with Crippen LogP contribution < -0.4 is 10.6 Å². The second-order valence-corrected chi connectivity index (χ2v) is 6.54. The summed E-state index contributed by atoms with van der Waals surface area (Å²) >= 11 is 0. The monoisotopic (exact) mass is 405 g/mol. The summed E-state index contributed by atoms with van der Waals surface area (Å²) in [4.78, 5) is 13.1. The molecule has 0 amide bonds. The number of pyridine rings is 1. The quantitative estimate of drug-likeness (QED) is 0.532. The molecule has 0 saturated heterocycles. The van der Waals surface area contributed by atoms with Crippen LogP contribution in [-0.2, 0) is 4.74 Å². The van der Waals surface area contributed by atoms with Gasteiger partial charge in [-0.05, 0) is 19.9 Å². The van der Waals surface area contributed by atoms with Crippen LogP contribution in [0.5, 0.6) is 0 Å². The number of nitrogens with one attached hydrogen (secondary N) is 2. The van der Waals surface area contributed by atoms with Crippen molar-refractivity contribution in [2.24, 2.45) is 0 Å². The first-order valence-electron chi connectivity index (χ1n) is 9.11. The van der Waals surface area contributed by atoms with Crippen molar-refractivity contribution in [1.29, 1.82) is 0 Å². The van der Waals surface area contributed by atoms with Crippen molar-refractivity contribution in [2.75, 3.05) is 30.9 Å². The Morgan fingerprint density at radius 1 is 1.17 bits per heavy atom. The molecule has 9 heteroatoms. The first kappa shape index (κ1) is 20.8. The van der Waals surface area contributed by atoms with Gasteiger partial charge in [0.25, 0.3) is 6.43 Å². The predicted molar refractivity (Wildman–Crippen MR) is 106 cm³/mol.